The first kappa shape index (κ1) is 25.6. The van der Waals surface area contributed by atoms with Gasteiger partial charge in [-0.25, -0.2) is 15.4 Å². The fourth-order valence-corrected chi connectivity index (χ4v) is 3.98. The number of alkyl halides is 4. The Hall–Kier alpha value is -2.03. The van der Waals surface area contributed by atoms with E-state index in [1.54, 1.807) is 9.80 Å². The highest BCUT2D eigenvalue weighted by molar-refractivity contribution is 9.10. The van der Waals surface area contributed by atoms with Gasteiger partial charge in [0, 0.05) is 57.2 Å². The molecule has 184 valence electrons. The SMILES string of the molecule is C[C@@H](COCCC(=O)N1CCN(c2ncc(C(F)(F)F)cn2)CC1)NC1CNNC(=O)C1Br. The molecule has 1 aromatic heterocycles. The predicted octanol–water partition coefficient (Wildman–Crippen LogP) is 0.295. The second-order valence-corrected chi connectivity index (χ2v) is 8.89. The monoisotopic (exact) mass is 537 g/mol. The molecule has 3 N–H and O–H groups in total. The molecular formula is C19H27BrF3N7O3. The number of hydrogen-bond acceptors (Lipinski definition) is 8. The first-order valence-corrected chi connectivity index (χ1v) is 11.5. The number of carbonyl (C=O) groups is 2. The van der Waals surface area contributed by atoms with E-state index in [-0.39, 0.29) is 47.7 Å². The van der Waals surface area contributed by atoms with Gasteiger partial charge in [-0.1, -0.05) is 15.9 Å². The molecule has 0 aromatic carbocycles. The summed E-state index contributed by atoms with van der Waals surface area (Å²) in [5.41, 5.74) is 4.48. The highest BCUT2D eigenvalue weighted by atomic mass is 79.9. The third-order valence-electron chi connectivity index (χ3n) is 5.34. The zero-order chi connectivity index (χ0) is 24.0. The predicted molar refractivity (Wildman–Crippen MR) is 117 cm³/mol. The summed E-state index contributed by atoms with van der Waals surface area (Å²) in [6.45, 7) is 4.93. The van der Waals surface area contributed by atoms with Gasteiger partial charge >= 0.3 is 6.18 Å². The number of amides is 2. The molecule has 2 aliphatic rings. The molecule has 3 rings (SSSR count). The Labute approximate surface area is 197 Å². The molecule has 2 unspecified atom stereocenters. The summed E-state index contributed by atoms with van der Waals surface area (Å²) < 4.78 is 43.5. The van der Waals surface area contributed by atoms with Gasteiger partial charge in [0.25, 0.3) is 0 Å². The van der Waals surface area contributed by atoms with E-state index in [1.807, 2.05) is 6.92 Å². The van der Waals surface area contributed by atoms with Gasteiger partial charge in [-0.3, -0.25) is 15.0 Å². The van der Waals surface area contributed by atoms with Gasteiger partial charge in [-0.2, -0.15) is 13.2 Å². The van der Waals surface area contributed by atoms with Gasteiger partial charge in [0.2, 0.25) is 17.8 Å². The van der Waals surface area contributed by atoms with Crippen LogP contribution in [0.25, 0.3) is 0 Å². The quantitative estimate of drug-likeness (QED) is 0.320. The van der Waals surface area contributed by atoms with E-state index in [0.717, 1.165) is 12.4 Å². The third kappa shape index (κ3) is 7.22. The van der Waals surface area contributed by atoms with Crippen molar-refractivity contribution in [1.82, 2.24) is 31.0 Å². The normalized spacial score (nSPS) is 22.8. The van der Waals surface area contributed by atoms with Gasteiger partial charge in [-0.05, 0) is 6.92 Å². The number of hydrogen-bond donors (Lipinski definition) is 3. The maximum atomic E-state index is 12.6. The lowest BCUT2D eigenvalue weighted by Gasteiger charge is -2.34. The zero-order valence-electron chi connectivity index (χ0n) is 18.1. The van der Waals surface area contributed by atoms with Crippen LogP contribution in [0.4, 0.5) is 19.1 Å². The molecule has 0 aliphatic carbocycles. The molecule has 2 fully saturated rings. The molecule has 33 heavy (non-hydrogen) atoms. The van der Waals surface area contributed by atoms with Crippen LogP contribution < -0.4 is 21.1 Å². The standard InChI is InChI=1S/C19H27BrF3N7O3/c1-12(27-14-10-26-28-17(32)16(14)20)11-33-7-2-15(31)29-3-5-30(6-4-29)18-24-8-13(9-25-18)19(21,22)23/h8-9,12,14,16,26-27H,2-7,10-11H2,1H3,(H,28,32)/t12-,14?,16?/m0/s1. The minimum absolute atomic E-state index is 0.00914. The van der Waals surface area contributed by atoms with E-state index in [1.165, 1.54) is 0 Å². The summed E-state index contributed by atoms with van der Waals surface area (Å²) in [4.78, 5) is 34.8. The highest BCUT2D eigenvalue weighted by Crippen LogP contribution is 2.28. The smallest absolute Gasteiger partial charge is 0.379 e. The molecule has 3 heterocycles. The van der Waals surface area contributed by atoms with Crippen LogP contribution in [0.1, 0.15) is 18.9 Å². The van der Waals surface area contributed by atoms with Crippen molar-refractivity contribution in [3.05, 3.63) is 18.0 Å². The minimum atomic E-state index is -4.47. The number of piperazine rings is 1. The lowest BCUT2D eigenvalue weighted by molar-refractivity contribution is -0.138. The first-order chi connectivity index (χ1) is 15.6. The van der Waals surface area contributed by atoms with Crippen molar-refractivity contribution in [2.24, 2.45) is 0 Å². The number of nitrogens with zero attached hydrogens (tertiary/aromatic N) is 4. The summed E-state index contributed by atoms with van der Waals surface area (Å²) in [6.07, 6.45) is -2.70. The van der Waals surface area contributed by atoms with E-state index >= 15 is 0 Å². The Morgan fingerprint density at radius 1 is 1.30 bits per heavy atom. The molecule has 10 nitrogen and oxygen atoms in total. The number of carbonyl (C=O) groups excluding carboxylic acids is 2. The Balaban J connectivity index is 1.33. The summed E-state index contributed by atoms with van der Waals surface area (Å²) in [5, 5.41) is 3.31. The maximum absolute atomic E-state index is 12.6. The topological polar surface area (TPSA) is 112 Å². The number of ether oxygens (including phenoxy) is 1. The van der Waals surface area contributed by atoms with E-state index < -0.39 is 11.7 Å². The molecule has 2 saturated heterocycles. The molecular weight excluding hydrogens is 511 g/mol. The minimum Gasteiger partial charge on any atom is -0.379 e. The van der Waals surface area contributed by atoms with Crippen LogP contribution in [0.15, 0.2) is 12.4 Å². The second kappa shape index (κ2) is 11.4. The van der Waals surface area contributed by atoms with Crippen LogP contribution in [0.2, 0.25) is 0 Å². The van der Waals surface area contributed by atoms with Gasteiger partial charge in [0.05, 0.1) is 25.2 Å². The van der Waals surface area contributed by atoms with Crippen molar-refractivity contribution >= 4 is 33.7 Å². The average molecular weight is 538 g/mol. The Kier molecular flexibility index (Phi) is 8.84. The molecule has 0 bridgehead atoms. The summed E-state index contributed by atoms with van der Waals surface area (Å²) in [7, 11) is 0. The number of rotatable bonds is 8. The first-order valence-electron chi connectivity index (χ1n) is 10.6. The van der Waals surface area contributed by atoms with Crippen LogP contribution in [0.5, 0.6) is 0 Å². The summed E-state index contributed by atoms with van der Waals surface area (Å²) >= 11 is 3.36. The van der Waals surface area contributed by atoms with Crippen molar-refractivity contribution in [1.29, 1.82) is 0 Å². The summed E-state index contributed by atoms with van der Waals surface area (Å²) in [5.74, 6) is 0.0380. The largest absolute Gasteiger partial charge is 0.419 e. The van der Waals surface area contributed by atoms with Crippen molar-refractivity contribution < 1.29 is 27.5 Å². The van der Waals surface area contributed by atoms with Crippen molar-refractivity contribution in [2.45, 2.75) is 36.4 Å². The van der Waals surface area contributed by atoms with E-state index in [2.05, 4.69) is 42.1 Å². The molecule has 3 atom stereocenters. The maximum Gasteiger partial charge on any atom is 0.419 e. The van der Waals surface area contributed by atoms with Gasteiger partial charge in [-0.15, -0.1) is 0 Å². The number of halogens is 4. The number of nitrogens with one attached hydrogen (secondary N) is 3. The number of anilines is 1. The molecule has 0 saturated carbocycles. The Morgan fingerprint density at radius 3 is 2.61 bits per heavy atom. The second-order valence-electron chi connectivity index (χ2n) is 7.91. The lowest BCUT2D eigenvalue weighted by atomic mass is 10.1. The van der Waals surface area contributed by atoms with E-state index in [0.29, 0.717) is 39.3 Å². The molecule has 0 radical (unpaired) electrons. The van der Waals surface area contributed by atoms with Crippen LogP contribution in [0, 0.1) is 0 Å². The van der Waals surface area contributed by atoms with Crippen LogP contribution in [-0.2, 0) is 20.5 Å². The van der Waals surface area contributed by atoms with Crippen molar-refractivity contribution in [2.75, 3.05) is 50.8 Å². The fourth-order valence-electron chi connectivity index (χ4n) is 3.52. The Bertz CT molecular complexity index is 807. The van der Waals surface area contributed by atoms with Crippen molar-refractivity contribution in [3.63, 3.8) is 0 Å². The number of hydrazine groups is 1. The summed E-state index contributed by atoms with van der Waals surface area (Å²) in [6, 6.07) is -0.0888. The van der Waals surface area contributed by atoms with Crippen LogP contribution in [0.3, 0.4) is 0 Å². The van der Waals surface area contributed by atoms with E-state index in [4.69, 9.17) is 4.74 Å². The number of aromatic nitrogens is 2. The zero-order valence-corrected chi connectivity index (χ0v) is 19.7. The highest BCUT2D eigenvalue weighted by Gasteiger charge is 2.32. The van der Waals surface area contributed by atoms with Gasteiger partial charge in [0.1, 0.15) is 4.83 Å². The molecule has 2 aliphatic heterocycles. The van der Waals surface area contributed by atoms with E-state index in [9.17, 15) is 22.8 Å². The average Bonchev–Trinajstić information content (AvgIpc) is 2.79. The van der Waals surface area contributed by atoms with Crippen molar-refractivity contribution in [3.8, 4) is 0 Å². The van der Waals surface area contributed by atoms with Crippen LogP contribution >= 0.6 is 15.9 Å². The molecule has 2 amide bonds. The lowest BCUT2D eigenvalue weighted by Crippen LogP contribution is -2.62. The Morgan fingerprint density at radius 2 is 1.97 bits per heavy atom. The fraction of sp³-hybridized carbons (Fsp3) is 0.684. The third-order valence-corrected chi connectivity index (χ3v) is 6.40. The molecule has 14 heteroatoms. The molecule has 0 spiro atoms. The van der Waals surface area contributed by atoms with Gasteiger partial charge in [0.15, 0.2) is 0 Å². The molecule has 1 aromatic rings. The van der Waals surface area contributed by atoms with Gasteiger partial charge < -0.3 is 19.9 Å². The van der Waals surface area contributed by atoms with Crippen LogP contribution in [-0.4, -0.2) is 89.5 Å².